The molecule has 0 spiro atoms. The first-order chi connectivity index (χ1) is 8.72. The van der Waals surface area contributed by atoms with E-state index in [2.05, 4.69) is 16.9 Å². The van der Waals surface area contributed by atoms with Gasteiger partial charge in [0.1, 0.15) is 11.9 Å². The molecule has 0 bridgehead atoms. The summed E-state index contributed by atoms with van der Waals surface area (Å²) in [4.78, 5) is 8.50. The molecule has 0 radical (unpaired) electrons. The molecule has 0 aromatic carbocycles. The van der Waals surface area contributed by atoms with Crippen molar-refractivity contribution in [3.8, 4) is 5.88 Å². The molecule has 18 heavy (non-hydrogen) atoms. The molecule has 1 saturated carbocycles. The van der Waals surface area contributed by atoms with E-state index in [9.17, 15) is 0 Å². The average molecular weight is 267 g/mol. The molecule has 5 heteroatoms. The summed E-state index contributed by atoms with van der Waals surface area (Å²) in [7, 11) is 0. The molecule has 1 aliphatic rings. The molecule has 4 nitrogen and oxygen atoms in total. The number of anilines is 1. The van der Waals surface area contributed by atoms with Crippen LogP contribution in [0.1, 0.15) is 39.0 Å². The van der Waals surface area contributed by atoms with Gasteiger partial charge < -0.3 is 10.5 Å². The third-order valence-electron chi connectivity index (χ3n) is 3.52. The average Bonchev–Trinajstić information content (AvgIpc) is 2.38. The van der Waals surface area contributed by atoms with Gasteiger partial charge in [0, 0.05) is 6.07 Å². The van der Waals surface area contributed by atoms with Crippen molar-refractivity contribution in [3.05, 3.63) is 6.07 Å². The van der Waals surface area contributed by atoms with Crippen LogP contribution in [0.5, 0.6) is 5.88 Å². The Kier molecular flexibility index (Phi) is 4.69. The van der Waals surface area contributed by atoms with Gasteiger partial charge in [0.05, 0.1) is 0 Å². The highest BCUT2D eigenvalue weighted by Crippen LogP contribution is 2.30. The SMILES string of the molecule is CCC1CCCCC1Oc1cc(N)nc(SC)n1. The first-order valence-electron chi connectivity index (χ1n) is 6.58. The van der Waals surface area contributed by atoms with Crippen LogP contribution >= 0.6 is 11.8 Å². The lowest BCUT2D eigenvalue weighted by Gasteiger charge is -2.30. The van der Waals surface area contributed by atoms with E-state index in [1.807, 2.05) is 6.26 Å². The highest BCUT2D eigenvalue weighted by atomic mass is 32.2. The lowest BCUT2D eigenvalue weighted by atomic mass is 9.85. The first-order valence-corrected chi connectivity index (χ1v) is 7.80. The lowest BCUT2D eigenvalue weighted by Crippen LogP contribution is -2.30. The predicted octanol–water partition coefficient (Wildman–Crippen LogP) is 3.13. The summed E-state index contributed by atoms with van der Waals surface area (Å²) in [6.07, 6.45) is 8.34. The van der Waals surface area contributed by atoms with E-state index >= 15 is 0 Å². The van der Waals surface area contributed by atoms with E-state index in [1.54, 1.807) is 6.07 Å². The molecule has 1 aromatic rings. The predicted molar refractivity (Wildman–Crippen MR) is 74.9 cm³/mol. The Morgan fingerprint density at radius 1 is 1.39 bits per heavy atom. The highest BCUT2D eigenvalue weighted by Gasteiger charge is 2.25. The second-order valence-electron chi connectivity index (χ2n) is 4.73. The molecule has 1 aliphatic carbocycles. The maximum absolute atomic E-state index is 6.04. The summed E-state index contributed by atoms with van der Waals surface area (Å²) in [6, 6.07) is 1.72. The minimum absolute atomic E-state index is 0.285. The van der Waals surface area contributed by atoms with E-state index in [0.29, 0.717) is 22.8 Å². The summed E-state index contributed by atoms with van der Waals surface area (Å²) < 4.78 is 6.04. The summed E-state index contributed by atoms with van der Waals surface area (Å²) in [5.41, 5.74) is 5.76. The van der Waals surface area contributed by atoms with Gasteiger partial charge in [-0.2, -0.15) is 4.98 Å². The van der Waals surface area contributed by atoms with Crippen molar-refractivity contribution in [2.24, 2.45) is 5.92 Å². The number of aromatic nitrogens is 2. The van der Waals surface area contributed by atoms with Crippen LogP contribution in [0.25, 0.3) is 0 Å². The molecular weight excluding hydrogens is 246 g/mol. The third kappa shape index (κ3) is 3.28. The van der Waals surface area contributed by atoms with Crippen LogP contribution in [0.15, 0.2) is 11.2 Å². The van der Waals surface area contributed by atoms with Gasteiger partial charge in [-0.15, -0.1) is 0 Å². The zero-order valence-electron chi connectivity index (χ0n) is 11.1. The largest absolute Gasteiger partial charge is 0.474 e. The number of hydrogen-bond donors (Lipinski definition) is 1. The number of rotatable bonds is 4. The van der Waals surface area contributed by atoms with Gasteiger partial charge in [-0.05, 0) is 37.9 Å². The molecule has 0 aliphatic heterocycles. The van der Waals surface area contributed by atoms with Gasteiger partial charge in [0.25, 0.3) is 0 Å². The summed E-state index contributed by atoms with van der Waals surface area (Å²) >= 11 is 1.48. The monoisotopic (exact) mass is 267 g/mol. The van der Waals surface area contributed by atoms with Gasteiger partial charge in [0.15, 0.2) is 5.16 Å². The molecule has 1 aromatic heterocycles. The molecular formula is C13H21N3OS. The Bertz CT molecular complexity index is 400. The third-order valence-corrected chi connectivity index (χ3v) is 4.07. The number of thioether (sulfide) groups is 1. The molecule has 100 valence electrons. The molecule has 2 unspecified atom stereocenters. The number of hydrogen-bond acceptors (Lipinski definition) is 5. The van der Waals surface area contributed by atoms with Gasteiger partial charge in [0.2, 0.25) is 5.88 Å². The zero-order valence-corrected chi connectivity index (χ0v) is 11.9. The normalized spacial score (nSPS) is 23.9. The quantitative estimate of drug-likeness (QED) is 0.671. The van der Waals surface area contributed by atoms with Crippen LogP contribution < -0.4 is 10.5 Å². The van der Waals surface area contributed by atoms with Crippen LogP contribution in [0.4, 0.5) is 5.82 Å². The van der Waals surface area contributed by atoms with Crippen molar-refractivity contribution in [3.63, 3.8) is 0 Å². The Morgan fingerprint density at radius 3 is 2.89 bits per heavy atom. The van der Waals surface area contributed by atoms with E-state index in [4.69, 9.17) is 10.5 Å². The van der Waals surface area contributed by atoms with Crippen LogP contribution in [-0.2, 0) is 0 Å². The van der Waals surface area contributed by atoms with Crippen molar-refractivity contribution in [1.82, 2.24) is 9.97 Å². The molecule has 1 fully saturated rings. The topological polar surface area (TPSA) is 61.0 Å². The fraction of sp³-hybridized carbons (Fsp3) is 0.692. The van der Waals surface area contributed by atoms with Crippen molar-refractivity contribution >= 4 is 17.6 Å². The molecule has 0 saturated heterocycles. The summed E-state index contributed by atoms with van der Waals surface area (Å²) in [5, 5.41) is 0.675. The lowest BCUT2D eigenvalue weighted by molar-refractivity contribution is 0.0851. The molecule has 2 atom stereocenters. The van der Waals surface area contributed by atoms with Crippen molar-refractivity contribution in [2.45, 2.75) is 50.3 Å². The molecule has 1 heterocycles. The summed E-state index contributed by atoms with van der Waals surface area (Å²) in [6.45, 7) is 2.23. The Balaban J connectivity index is 2.09. The minimum atomic E-state index is 0.285. The van der Waals surface area contributed by atoms with Crippen molar-refractivity contribution in [2.75, 3.05) is 12.0 Å². The van der Waals surface area contributed by atoms with E-state index in [0.717, 1.165) is 6.42 Å². The number of ether oxygens (including phenoxy) is 1. The van der Waals surface area contributed by atoms with Crippen LogP contribution in [0, 0.1) is 5.92 Å². The standard InChI is InChI=1S/C13H21N3OS/c1-3-9-6-4-5-7-10(9)17-12-8-11(14)15-13(16-12)18-2/h8-10H,3-7H2,1-2H3,(H2,14,15,16). The second-order valence-corrected chi connectivity index (χ2v) is 5.50. The van der Waals surface area contributed by atoms with Gasteiger partial charge in [-0.25, -0.2) is 4.98 Å². The van der Waals surface area contributed by atoms with Crippen LogP contribution in [0.2, 0.25) is 0 Å². The Hall–Kier alpha value is -0.970. The van der Waals surface area contributed by atoms with Crippen molar-refractivity contribution < 1.29 is 4.74 Å². The van der Waals surface area contributed by atoms with Gasteiger partial charge >= 0.3 is 0 Å². The first kappa shape index (κ1) is 13.5. The summed E-state index contributed by atoms with van der Waals surface area (Å²) in [5.74, 6) is 1.75. The number of nitrogen functional groups attached to an aromatic ring is 1. The van der Waals surface area contributed by atoms with E-state index in [-0.39, 0.29) is 6.10 Å². The minimum Gasteiger partial charge on any atom is -0.474 e. The van der Waals surface area contributed by atoms with Gasteiger partial charge in [-0.1, -0.05) is 25.1 Å². The number of nitrogens with two attached hydrogens (primary N) is 1. The molecule has 2 rings (SSSR count). The van der Waals surface area contributed by atoms with E-state index in [1.165, 1.54) is 37.4 Å². The Labute approximate surface area is 113 Å². The highest BCUT2D eigenvalue weighted by molar-refractivity contribution is 7.98. The van der Waals surface area contributed by atoms with Gasteiger partial charge in [-0.3, -0.25) is 0 Å². The Morgan fingerprint density at radius 2 is 2.17 bits per heavy atom. The van der Waals surface area contributed by atoms with Crippen LogP contribution in [0.3, 0.4) is 0 Å². The zero-order chi connectivity index (χ0) is 13.0. The smallest absolute Gasteiger partial charge is 0.219 e. The molecule has 2 N–H and O–H groups in total. The fourth-order valence-electron chi connectivity index (χ4n) is 2.52. The maximum atomic E-state index is 6.04. The molecule has 0 amide bonds. The maximum Gasteiger partial charge on any atom is 0.219 e. The van der Waals surface area contributed by atoms with Crippen molar-refractivity contribution in [1.29, 1.82) is 0 Å². The second kappa shape index (κ2) is 6.27. The van der Waals surface area contributed by atoms with E-state index < -0.39 is 0 Å². The number of nitrogens with zero attached hydrogens (tertiary/aromatic N) is 2. The fourth-order valence-corrected chi connectivity index (χ4v) is 2.90. The van der Waals surface area contributed by atoms with Crippen LogP contribution in [-0.4, -0.2) is 22.3 Å².